The van der Waals surface area contributed by atoms with E-state index in [1.807, 2.05) is 14.2 Å². The molecule has 0 radical (unpaired) electrons. The molecule has 1 atom stereocenters. The Balaban J connectivity index is 2.07. The Bertz CT molecular complexity index is 623. The van der Waals surface area contributed by atoms with Gasteiger partial charge in [0.25, 0.3) is 0 Å². The molecule has 2 aliphatic rings. The van der Waals surface area contributed by atoms with Crippen molar-refractivity contribution in [3.05, 3.63) is 33.8 Å². The summed E-state index contributed by atoms with van der Waals surface area (Å²) in [6, 6.07) is 6.59. The summed E-state index contributed by atoms with van der Waals surface area (Å²) in [5.41, 5.74) is 8.63. The van der Waals surface area contributed by atoms with Gasteiger partial charge in [-0.15, -0.1) is 0 Å². The highest BCUT2D eigenvalue weighted by Crippen LogP contribution is 2.59. The van der Waals surface area contributed by atoms with Gasteiger partial charge in [0.1, 0.15) is 0 Å². The monoisotopic (exact) mass is 379 g/mol. The standard InChI is InChI=1S/C18H26BrN3O/c1-17(22-16(20)21-2)15-10-13(19)5-4-12(15)11-18(17)8-6-14(23-3)7-9-18/h4-5,10,14H,6-9,11H2,1-3H3,(H3,20,21,22). The number of rotatable bonds is 2. The fraction of sp³-hybridized carbons (Fsp3) is 0.611. The third-order valence-electron chi connectivity index (χ3n) is 5.98. The average molecular weight is 380 g/mol. The Morgan fingerprint density at radius 1 is 1.39 bits per heavy atom. The molecule has 3 N–H and O–H groups in total. The maximum absolute atomic E-state index is 6.08. The van der Waals surface area contributed by atoms with Gasteiger partial charge in [-0.1, -0.05) is 22.0 Å². The Hall–Kier alpha value is -1.07. The average Bonchev–Trinajstić information content (AvgIpc) is 2.77. The first-order chi connectivity index (χ1) is 10.9. The fourth-order valence-electron chi connectivity index (χ4n) is 4.50. The summed E-state index contributed by atoms with van der Waals surface area (Å²) in [7, 11) is 3.65. The van der Waals surface area contributed by atoms with Crippen molar-refractivity contribution in [1.29, 1.82) is 0 Å². The normalized spacial score (nSPS) is 33.7. The molecule has 4 nitrogen and oxygen atoms in total. The van der Waals surface area contributed by atoms with Gasteiger partial charge >= 0.3 is 0 Å². The third-order valence-corrected chi connectivity index (χ3v) is 6.47. The molecular weight excluding hydrogens is 354 g/mol. The molecule has 2 aliphatic carbocycles. The second kappa shape index (κ2) is 6.10. The van der Waals surface area contributed by atoms with E-state index in [2.05, 4.69) is 46.4 Å². The Kier molecular flexibility index (Phi) is 4.45. The van der Waals surface area contributed by atoms with Gasteiger partial charge in [-0.05, 0) is 62.3 Å². The van der Waals surface area contributed by atoms with Crippen LogP contribution in [0.1, 0.15) is 43.7 Å². The molecule has 5 heteroatoms. The molecule has 126 valence electrons. The highest BCUT2D eigenvalue weighted by molar-refractivity contribution is 9.10. The van der Waals surface area contributed by atoms with Gasteiger partial charge in [0.2, 0.25) is 0 Å². The van der Waals surface area contributed by atoms with Crippen LogP contribution in [0.15, 0.2) is 27.7 Å². The summed E-state index contributed by atoms with van der Waals surface area (Å²) in [6.07, 6.45) is 5.88. The number of hydrogen-bond donors (Lipinski definition) is 2. The van der Waals surface area contributed by atoms with E-state index in [4.69, 9.17) is 15.5 Å². The SMILES string of the molecule is CN/C(N)=N\C1(C)c2cc(Br)ccc2CC12CCC(OC)CC2. The van der Waals surface area contributed by atoms with Gasteiger partial charge in [0, 0.05) is 24.0 Å². The van der Waals surface area contributed by atoms with E-state index >= 15 is 0 Å². The van der Waals surface area contributed by atoms with Crippen molar-refractivity contribution in [3.8, 4) is 0 Å². The maximum atomic E-state index is 6.08. The summed E-state index contributed by atoms with van der Waals surface area (Å²) >= 11 is 3.62. The molecule has 3 rings (SSSR count). The number of benzene rings is 1. The van der Waals surface area contributed by atoms with Gasteiger partial charge < -0.3 is 15.8 Å². The molecule has 0 heterocycles. The number of methoxy groups -OCH3 is 1. The highest BCUT2D eigenvalue weighted by atomic mass is 79.9. The molecule has 0 amide bonds. The van der Waals surface area contributed by atoms with E-state index < -0.39 is 0 Å². The second-order valence-corrected chi connectivity index (χ2v) is 7.93. The molecule has 1 unspecified atom stereocenters. The molecule has 0 bridgehead atoms. The smallest absolute Gasteiger partial charge is 0.189 e. The van der Waals surface area contributed by atoms with Gasteiger partial charge in [0.05, 0.1) is 11.6 Å². The van der Waals surface area contributed by atoms with Crippen molar-refractivity contribution in [1.82, 2.24) is 5.32 Å². The van der Waals surface area contributed by atoms with Crippen molar-refractivity contribution in [2.45, 2.75) is 50.7 Å². The number of halogens is 1. The lowest BCUT2D eigenvalue weighted by atomic mass is 9.62. The van der Waals surface area contributed by atoms with Gasteiger partial charge in [-0.25, -0.2) is 4.99 Å². The lowest BCUT2D eigenvalue weighted by Gasteiger charge is -2.46. The van der Waals surface area contributed by atoms with Crippen LogP contribution >= 0.6 is 15.9 Å². The number of aliphatic imine (C=N–C) groups is 1. The summed E-state index contributed by atoms with van der Waals surface area (Å²) in [6.45, 7) is 2.25. The number of ether oxygens (including phenoxy) is 1. The molecule has 1 fully saturated rings. The van der Waals surface area contributed by atoms with Crippen LogP contribution in [0.4, 0.5) is 0 Å². The van der Waals surface area contributed by atoms with Crippen LogP contribution in [0, 0.1) is 5.41 Å². The third kappa shape index (κ3) is 2.68. The van der Waals surface area contributed by atoms with Gasteiger partial charge in [-0.2, -0.15) is 0 Å². The van der Waals surface area contributed by atoms with Crippen molar-refractivity contribution in [2.75, 3.05) is 14.2 Å². The first kappa shape index (κ1) is 16.8. The minimum Gasteiger partial charge on any atom is -0.381 e. The Morgan fingerprint density at radius 3 is 2.70 bits per heavy atom. The zero-order valence-electron chi connectivity index (χ0n) is 14.2. The van der Waals surface area contributed by atoms with Gasteiger partial charge in [-0.3, -0.25) is 0 Å². The summed E-state index contributed by atoms with van der Waals surface area (Å²) in [5, 5.41) is 3.00. The van der Waals surface area contributed by atoms with E-state index in [1.54, 1.807) is 0 Å². The second-order valence-electron chi connectivity index (χ2n) is 7.01. The van der Waals surface area contributed by atoms with E-state index in [0.717, 1.165) is 36.6 Å². The number of nitrogens with zero attached hydrogens (tertiary/aromatic N) is 1. The van der Waals surface area contributed by atoms with Crippen molar-refractivity contribution in [3.63, 3.8) is 0 Å². The number of nitrogens with two attached hydrogens (primary N) is 1. The van der Waals surface area contributed by atoms with E-state index in [9.17, 15) is 0 Å². The van der Waals surface area contributed by atoms with Crippen LogP contribution in [0.3, 0.4) is 0 Å². The van der Waals surface area contributed by atoms with Crippen molar-refractivity contribution in [2.24, 2.45) is 16.1 Å². The molecular formula is C18H26BrN3O. The zero-order chi connectivity index (χ0) is 16.7. The first-order valence-corrected chi connectivity index (χ1v) is 9.08. The minimum atomic E-state index is -0.294. The summed E-state index contributed by atoms with van der Waals surface area (Å²) in [4.78, 5) is 4.96. The molecule has 23 heavy (non-hydrogen) atoms. The first-order valence-electron chi connectivity index (χ1n) is 8.29. The highest BCUT2D eigenvalue weighted by Gasteiger charge is 2.56. The topological polar surface area (TPSA) is 59.6 Å². The van der Waals surface area contributed by atoms with Crippen LogP contribution < -0.4 is 11.1 Å². The van der Waals surface area contributed by atoms with Crippen LogP contribution in [0.2, 0.25) is 0 Å². The minimum absolute atomic E-state index is 0.132. The van der Waals surface area contributed by atoms with Gasteiger partial charge in [0.15, 0.2) is 5.96 Å². The van der Waals surface area contributed by atoms with Crippen molar-refractivity contribution >= 4 is 21.9 Å². The molecule has 1 aromatic carbocycles. The number of fused-ring (bicyclic) bond motifs is 1. The van der Waals surface area contributed by atoms with Crippen LogP contribution in [-0.2, 0) is 16.7 Å². The van der Waals surface area contributed by atoms with E-state index in [0.29, 0.717) is 12.1 Å². The molecule has 0 saturated heterocycles. The van der Waals surface area contributed by atoms with Crippen LogP contribution in [0.5, 0.6) is 0 Å². The maximum Gasteiger partial charge on any atom is 0.189 e. The predicted molar refractivity (Wildman–Crippen MR) is 97.6 cm³/mol. The number of guanidine groups is 1. The molecule has 1 aromatic rings. The summed E-state index contributed by atoms with van der Waals surface area (Å²) in [5.74, 6) is 0.508. The van der Waals surface area contributed by atoms with Crippen molar-refractivity contribution < 1.29 is 4.74 Å². The van der Waals surface area contributed by atoms with E-state index in [1.165, 1.54) is 11.1 Å². The fourth-order valence-corrected chi connectivity index (χ4v) is 4.86. The Morgan fingerprint density at radius 2 is 2.09 bits per heavy atom. The largest absolute Gasteiger partial charge is 0.381 e. The van der Waals surface area contributed by atoms with E-state index in [-0.39, 0.29) is 11.0 Å². The lowest BCUT2D eigenvalue weighted by molar-refractivity contribution is 0.00118. The predicted octanol–water partition coefficient (Wildman–Crippen LogP) is 3.33. The number of nitrogens with one attached hydrogen (secondary N) is 1. The molecule has 1 saturated carbocycles. The molecule has 1 spiro atoms. The zero-order valence-corrected chi connectivity index (χ0v) is 15.7. The van der Waals surface area contributed by atoms with Crippen LogP contribution in [-0.4, -0.2) is 26.2 Å². The molecule has 0 aliphatic heterocycles. The Labute approximate surface area is 147 Å². The lowest BCUT2D eigenvalue weighted by Crippen LogP contribution is -2.45. The summed E-state index contributed by atoms with van der Waals surface area (Å²) < 4.78 is 6.68. The molecule has 0 aromatic heterocycles. The number of hydrogen-bond acceptors (Lipinski definition) is 2. The quantitative estimate of drug-likeness (QED) is 0.611. The van der Waals surface area contributed by atoms with Crippen LogP contribution in [0.25, 0.3) is 0 Å².